The van der Waals surface area contributed by atoms with Gasteiger partial charge in [-0.05, 0) is 61.2 Å². The second-order valence-electron chi connectivity index (χ2n) is 6.91. The fourth-order valence-electron chi connectivity index (χ4n) is 2.84. The van der Waals surface area contributed by atoms with Gasteiger partial charge in [-0.25, -0.2) is 4.98 Å². The van der Waals surface area contributed by atoms with E-state index < -0.39 is 10.8 Å². The topological polar surface area (TPSA) is 97.2 Å². The van der Waals surface area contributed by atoms with Gasteiger partial charge in [0.1, 0.15) is 11.4 Å². The number of hydrogen-bond acceptors (Lipinski definition) is 5. The highest BCUT2D eigenvalue weighted by Gasteiger charge is 2.25. The first kappa shape index (κ1) is 19.2. The van der Waals surface area contributed by atoms with Crippen molar-refractivity contribution in [1.82, 2.24) is 4.98 Å². The van der Waals surface area contributed by atoms with Gasteiger partial charge in [0, 0.05) is 35.1 Å². The number of carbonyl (C=O) groups excluding carboxylic acids is 1. The van der Waals surface area contributed by atoms with E-state index in [9.17, 15) is 14.9 Å². The molecular formula is C23H18N4O3. The summed E-state index contributed by atoms with van der Waals surface area (Å²) in [4.78, 5) is 27.7. The molecule has 1 aromatic heterocycles. The Labute approximate surface area is 173 Å². The van der Waals surface area contributed by atoms with Crippen molar-refractivity contribution in [3.05, 3.63) is 93.8 Å². The summed E-state index contributed by atoms with van der Waals surface area (Å²) >= 11 is 0. The van der Waals surface area contributed by atoms with Crippen molar-refractivity contribution in [2.24, 2.45) is 0 Å². The van der Waals surface area contributed by atoms with Crippen molar-refractivity contribution in [1.29, 1.82) is 0 Å². The first-order valence-corrected chi connectivity index (χ1v) is 9.48. The molecule has 1 aliphatic carbocycles. The van der Waals surface area contributed by atoms with Crippen LogP contribution in [0.2, 0.25) is 0 Å². The molecule has 0 radical (unpaired) electrons. The molecule has 0 unspecified atom stereocenters. The summed E-state index contributed by atoms with van der Waals surface area (Å²) in [6.07, 6.45) is 3.67. The maximum Gasteiger partial charge on any atom is 0.293 e. The van der Waals surface area contributed by atoms with E-state index in [0.29, 0.717) is 22.6 Å². The quantitative estimate of drug-likeness (QED) is 0.381. The minimum atomic E-state index is -0.477. The molecule has 1 amide bonds. The fourth-order valence-corrected chi connectivity index (χ4v) is 2.84. The Morgan fingerprint density at radius 2 is 1.93 bits per heavy atom. The summed E-state index contributed by atoms with van der Waals surface area (Å²) in [7, 11) is 0. The van der Waals surface area contributed by atoms with Crippen LogP contribution in [0.4, 0.5) is 17.1 Å². The van der Waals surface area contributed by atoms with E-state index in [0.717, 1.165) is 12.8 Å². The number of nitro benzene ring substituents is 1. The van der Waals surface area contributed by atoms with Gasteiger partial charge in [-0.2, -0.15) is 0 Å². The number of hydrogen-bond donors (Lipinski definition) is 2. The predicted octanol–water partition coefficient (Wildman–Crippen LogP) is 4.22. The minimum Gasteiger partial charge on any atom is -0.377 e. The number of aromatic nitrogens is 1. The molecule has 0 saturated heterocycles. The van der Waals surface area contributed by atoms with Crippen LogP contribution in [-0.2, 0) is 0 Å². The van der Waals surface area contributed by atoms with E-state index in [1.54, 1.807) is 36.5 Å². The van der Waals surface area contributed by atoms with E-state index in [-0.39, 0.29) is 17.3 Å². The predicted molar refractivity (Wildman–Crippen MR) is 114 cm³/mol. The van der Waals surface area contributed by atoms with Crippen LogP contribution in [0.3, 0.4) is 0 Å². The Bertz CT molecular complexity index is 1160. The standard InChI is InChI=1S/C23H18N4O3/c28-23(17-8-12-21(25-19-10-11-19)22(15-17)27(29)30)26-20-6-3-4-16(14-20)7-9-18-5-1-2-13-24-18/h1-6,8,12-15,19,25H,10-11H2,(H,26,28). The van der Waals surface area contributed by atoms with Gasteiger partial charge in [0.25, 0.3) is 11.6 Å². The van der Waals surface area contributed by atoms with E-state index in [1.165, 1.54) is 6.07 Å². The van der Waals surface area contributed by atoms with Crippen molar-refractivity contribution >= 4 is 23.0 Å². The molecular weight excluding hydrogens is 380 g/mol. The van der Waals surface area contributed by atoms with Crippen molar-refractivity contribution in [3.63, 3.8) is 0 Å². The third kappa shape index (κ3) is 4.80. The monoisotopic (exact) mass is 398 g/mol. The molecule has 30 heavy (non-hydrogen) atoms. The molecule has 2 N–H and O–H groups in total. The van der Waals surface area contributed by atoms with E-state index in [2.05, 4.69) is 27.5 Å². The van der Waals surface area contributed by atoms with Crippen LogP contribution in [0, 0.1) is 22.0 Å². The number of nitro groups is 1. The summed E-state index contributed by atoms with van der Waals surface area (Å²) < 4.78 is 0. The molecule has 0 spiro atoms. The first-order chi connectivity index (χ1) is 14.6. The van der Waals surface area contributed by atoms with Gasteiger partial charge in [0.05, 0.1) is 4.92 Å². The smallest absolute Gasteiger partial charge is 0.293 e. The van der Waals surface area contributed by atoms with Gasteiger partial charge in [-0.15, -0.1) is 0 Å². The third-order valence-electron chi connectivity index (χ3n) is 4.51. The molecule has 1 aliphatic rings. The number of nitrogens with zero attached hydrogens (tertiary/aromatic N) is 2. The zero-order valence-corrected chi connectivity index (χ0v) is 16.0. The number of nitrogens with one attached hydrogen (secondary N) is 2. The molecule has 148 valence electrons. The zero-order chi connectivity index (χ0) is 20.9. The largest absolute Gasteiger partial charge is 0.377 e. The summed E-state index contributed by atoms with van der Waals surface area (Å²) in [6.45, 7) is 0. The van der Waals surface area contributed by atoms with Crippen molar-refractivity contribution in [2.75, 3.05) is 10.6 Å². The number of pyridine rings is 1. The van der Waals surface area contributed by atoms with E-state index in [4.69, 9.17) is 0 Å². The van der Waals surface area contributed by atoms with Crippen molar-refractivity contribution in [3.8, 4) is 11.8 Å². The van der Waals surface area contributed by atoms with Crippen LogP contribution in [0.25, 0.3) is 0 Å². The van der Waals surface area contributed by atoms with Gasteiger partial charge in [-0.1, -0.05) is 18.1 Å². The first-order valence-electron chi connectivity index (χ1n) is 9.48. The second kappa shape index (κ2) is 8.45. The van der Waals surface area contributed by atoms with Crippen molar-refractivity contribution < 1.29 is 9.72 Å². The third-order valence-corrected chi connectivity index (χ3v) is 4.51. The molecule has 0 atom stereocenters. The Balaban J connectivity index is 1.50. The van der Waals surface area contributed by atoms with Gasteiger partial charge < -0.3 is 10.6 Å². The Morgan fingerprint density at radius 1 is 1.07 bits per heavy atom. The lowest BCUT2D eigenvalue weighted by Crippen LogP contribution is -2.13. The lowest BCUT2D eigenvalue weighted by atomic mass is 10.1. The van der Waals surface area contributed by atoms with Crippen LogP contribution in [0.15, 0.2) is 66.9 Å². The normalized spacial score (nSPS) is 12.4. The molecule has 3 aromatic rings. The van der Waals surface area contributed by atoms with Crippen LogP contribution >= 0.6 is 0 Å². The molecule has 7 nitrogen and oxygen atoms in total. The molecule has 1 saturated carbocycles. The molecule has 0 bridgehead atoms. The molecule has 4 rings (SSSR count). The zero-order valence-electron chi connectivity index (χ0n) is 16.0. The maximum absolute atomic E-state index is 12.6. The fraction of sp³-hybridized carbons (Fsp3) is 0.130. The van der Waals surface area contributed by atoms with Gasteiger partial charge >= 0.3 is 0 Å². The summed E-state index contributed by atoms with van der Waals surface area (Å²) in [5, 5.41) is 17.3. The molecule has 2 aromatic carbocycles. The highest BCUT2D eigenvalue weighted by atomic mass is 16.6. The SMILES string of the molecule is O=C(Nc1cccc(C#Cc2ccccn2)c1)c1ccc(NC2CC2)c([N+](=O)[O-])c1. The average molecular weight is 398 g/mol. The number of anilines is 2. The number of rotatable bonds is 5. The van der Waals surface area contributed by atoms with Gasteiger partial charge in [-0.3, -0.25) is 14.9 Å². The minimum absolute atomic E-state index is 0.107. The Kier molecular flexibility index (Phi) is 5.39. The van der Waals surface area contributed by atoms with Crippen LogP contribution in [0.1, 0.15) is 34.5 Å². The lowest BCUT2D eigenvalue weighted by molar-refractivity contribution is -0.384. The lowest BCUT2D eigenvalue weighted by Gasteiger charge is -2.09. The van der Waals surface area contributed by atoms with Gasteiger partial charge in [0.2, 0.25) is 0 Å². The second-order valence-corrected chi connectivity index (χ2v) is 6.91. The molecule has 1 fully saturated rings. The summed E-state index contributed by atoms with van der Waals surface area (Å²) in [5.74, 6) is 5.55. The highest BCUT2D eigenvalue weighted by Crippen LogP contribution is 2.31. The van der Waals surface area contributed by atoms with Crippen molar-refractivity contribution in [2.45, 2.75) is 18.9 Å². The number of benzene rings is 2. The summed E-state index contributed by atoms with van der Waals surface area (Å²) in [5.41, 5.74) is 2.46. The van der Waals surface area contributed by atoms with E-state index in [1.807, 2.05) is 24.3 Å². The van der Waals surface area contributed by atoms with Gasteiger partial charge in [0.15, 0.2) is 0 Å². The highest BCUT2D eigenvalue weighted by molar-refractivity contribution is 6.05. The Morgan fingerprint density at radius 3 is 2.67 bits per heavy atom. The van der Waals surface area contributed by atoms with E-state index >= 15 is 0 Å². The van der Waals surface area contributed by atoms with Crippen LogP contribution in [-0.4, -0.2) is 21.9 Å². The average Bonchev–Trinajstić information content (AvgIpc) is 3.57. The van der Waals surface area contributed by atoms with Crippen LogP contribution in [0.5, 0.6) is 0 Å². The summed E-state index contributed by atoms with van der Waals surface area (Å²) in [6, 6.07) is 17.3. The molecule has 7 heteroatoms. The number of amides is 1. The molecule has 1 heterocycles. The Hall–Kier alpha value is -4.18. The molecule has 0 aliphatic heterocycles. The maximum atomic E-state index is 12.6. The number of carbonyl (C=O) groups is 1. The van der Waals surface area contributed by atoms with Crippen LogP contribution < -0.4 is 10.6 Å².